The number of fused-ring (bicyclic) bond motifs is 1. The molecule has 2 aliphatic rings. The lowest BCUT2D eigenvalue weighted by Gasteiger charge is -2.04. The molecule has 2 atom stereocenters. The summed E-state index contributed by atoms with van der Waals surface area (Å²) in [5.41, 5.74) is 1.48. The van der Waals surface area contributed by atoms with Crippen LogP contribution in [-0.4, -0.2) is 18.1 Å². The molecule has 1 aromatic rings. The van der Waals surface area contributed by atoms with Gasteiger partial charge in [0.2, 0.25) is 0 Å². The molecule has 76 valence electrons. The Balaban J connectivity index is 0.000000750. The van der Waals surface area contributed by atoms with Crippen LogP contribution in [0.25, 0.3) is 5.57 Å². The zero-order chi connectivity index (χ0) is 8.67. The van der Waals surface area contributed by atoms with Gasteiger partial charge in [0.1, 0.15) is 5.01 Å². The first-order valence-corrected chi connectivity index (χ1v) is 5.63. The zero-order valence-corrected chi connectivity index (χ0v) is 9.40. The molecule has 2 heterocycles. The molecule has 1 aliphatic heterocycles. The molecule has 0 spiro atoms. The Bertz CT molecular complexity index is 334. The number of allylic oxidation sites excluding steroid dienone is 1. The van der Waals surface area contributed by atoms with Gasteiger partial charge < -0.3 is 5.32 Å². The van der Waals surface area contributed by atoms with Gasteiger partial charge in [-0.2, -0.15) is 0 Å². The maximum absolute atomic E-state index is 4.36. The minimum Gasteiger partial charge on any atom is -0.316 e. The Hall–Kier alpha value is -0.380. The summed E-state index contributed by atoms with van der Waals surface area (Å²) >= 11 is 1.76. The molecule has 0 amide bonds. The van der Waals surface area contributed by atoms with E-state index in [0.29, 0.717) is 0 Å². The van der Waals surface area contributed by atoms with Crippen molar-refractivity contribution in [1.82, 2.24) is 10.3 Å². The monoisotopic (exact) mass is 228 g/mol. The van der Waals surface area contributed by atoms with E-state index in [2.05, 4.69) is 21.8 Å². The van der Waals surface area contributed by atoms with Crippen molar-refractivity contribution in [3.63, 3.8) is 0 Å². The molecule has 0 radical (unpaired) electrons. The SMILES string of the molecule is C1=C(c2nccs2)C[C@H]2CNC[C@@H]12.Cl. The summed E-state index contributed by atoms with van der Waals surface area (Å²) in [7, 11) is 0. The lowest BCUT2D eigenvalue weighted by atomic mass is 10.00. The first kappa shape index (κ1) is 10.1. The second-order valence-electron chi connectivity index (χ2n) is 3.82. The van der Waals surface area contributed by atoms with Gasteiger partial charge >= 0.3 is 0 Å². The average molecular weight is 229 g/mol. The summed E-state index contributed by atoms with van der Waals surface area (Å²) < 4.78 is 0. The van der Waals surface area contributed by atoms with Gasteiger partial charge in [-0.15, -0.1) is 23.7 Å². The van der Waals surface area contributed by atoms with Crippen LogP contribution >= 0.6 is 23.7 Å². The molecule has 0 saturated carbocycles. The van der Waals surface area contributed by atoms with Gasteiger partial charge in [-0.05, 0) is 30.4 Å². The van der Waals surface area contributed by atoms with Gasteiger partial charge in [0.15, 0.2) is 0 Å². The third-order valence-corrected chi connectivity index (χ3v) is 3.85. The number of nitrogens with zero attached hydrogens (tertiary/aromatic N) is 1. The topological polar surface area (TPSA) is 24.9 Å². The predicted molar refractivity (Wildman–Crippen MR) is 61.8 cm³/mol. The summed E-state index contributed by atoms with van der Waals surface area (Å²) in [5.74, 6) is 1.62. The Kier molecular flexibility index (Phi) is 2.91. The Morgan fingerprint density at radius 1 is 1.43 bits per heavy atom. The number of rotatable bonds is 1. The smallest absolute Gasteiger partial charge is 0.118 e. The van der Waals surface area contributed by atoms with Crippen LogP contribution in [0.1, 0.15) is 11.4 Å². The maximum atomic E-state index is 4.36. The third-order valence-electron chi connectivity index (χ3n) is 3.00. The normalized spacial score (nSPS) is 29.6. The second-order valence-corrected chi connectivity index (χ2v) is 4.71. The summed E-state index contributed by atoms with van der Waals surface area (Å²) in [6, 6.07) is 0. The van der Waals surface area contributed by atoms with Crippen LogP contribution in [0.2, 0.25) is 0 Å². The lowest BCUT2D eigenvalue weighted by molar-refractivity contribution is 0.536. The molecule has 1 saturated heterocycles. The number of hydrogen-bond donors (Lipinski definition) is 1. The van der Waals surface area contributed by atoms with Crippen molar-refractivity contribution in [2.24, 2.45) is 11.8 Å². The van der Waals surface area contributed by atoms with E-state index in [1.165, 1.54) is 30.1 Å². The van der Waals surface area contributed by atoms with Crippen molar-refractivity contribution in [2.75, 3.05) is 13.1 Å². The number of aromatic nitrogens is 1. The van der Waals surface area contributed by atoms with E-state index in [1.54, 1.807) is 11.3 Å². The molecule has 14 heavy (non-hydrogen) atoms. The minimum absolute atomic E-state index is 0. The second kappa shape index (κ2) is 4.01. The molecule has 1 aromatic heterocycles. The fraction of sp³-hybridized carbons (Fsp3) is 0.500. The molecule has 0 unspecified atom stereocenters. The Morgan fingerprint density at radius 2 is 2.36 bits per heavy atom. The Labute approximate surface area is 93.8 Å². The first-order valence-electron chi connectivity index (χ1n) is 4.75. The minimum atomic E-state index is 0. The van der Waals surface area contributed by atoms with Crippen molar-refractivity contribution in [2.45, 2.75) is 6.42 Å². The maximum Gasteiger partial charge on any atom is 0.118 e. The van der Waals surface area contributed by atoms with Crippen LogP contribution in [0.4, 0.5) is 0 Å². The zero-order valence-electron chi connectivity index (χ0n) is 7.77. The number of halogens is 1. The molecule has 1 N–H and O–H groups in total. The Morgan fingerprint density at radius 3 is 3.07 bits per heavy atom. The first-order chi connectivity index (χ1) is 6.43. The van der Waals surface area contributed by atoms with E-state index < -0.39 is 0 Å². The molecule has 4 heteroatoms. The predicted octanol–water partition coefficient (Wildman–Crippen LogP) is 2.19. The number of hydrogen-bond acceptors (Lipinski definition) is 3. The number of thiazole rings is 1. The largest absolute Gasteiger partial charge is 0.316 e. The molecule has 1 fully saturated rings. The van der Waals surface area contributed by atoms with Crippen LogP contribution in [0, 0.1) is 11.8 Å². The molecular weight excluding hydrogens is 216 g/mol. The van der Waals surface area contributed by atoms with Crippen LogP contribution in [-0.2, 0) is 0 Å². The van der Waals surface area contributed by atoms with Crippen molar-refractivity contribution in [3.8, 4) is 0 Å². The van der Waals surface area contributed by atoms with Crippen molar-refractivity contribution in [1.29, 1.82) is 0 Å². The highest BCUT2D eigenvalue weighted by Crippen LogP contribution is 2.38. The van der Waals surface area contributed by atoms with Gasteiger partial charge in [-0.25, -0.2) is 4.98 Å². The highest BCUT2D eigenvalue weighted by Gasteiger charge is 2.32. The van der Waals surface area contributed by atoms with Gasteiger partial charge in [-0.1, -0.05) is 6.08 Å². The summed E-state index contributed by atoms with van der Waals surface area (Å²) in [4.78, 5) is 4.36. The molecule has 2 nitrogen and oxygen atoms in total. The summed E-state index contributed by atoms with van der Waals surface area (Å²) in [6.07, 6.45) is 5.54. The fourth-order valence-corrected chi connectivity index (χ4v) is 3.00. The van der Waals surface area contributed by atoms with Crippen LogP contribution in [0.3, 0.4) is 0 Å². The van der Waals surface area contributed by atoms with Gasteiger partial charge in [0, 0.05) is 18.1 Å². The van der Waals surface area contributed by atoms with E-state index in [4.69, 9.17) is 0 Å². The molecule has 0 aromatic carbocycles. The summed E-state index contributed by atoms with van der Waals surface area (Å²) in [6.45, 7) is 2.36. The van der Waals surface area contributed by atoms with E-state index in [9.17, 15) is 0 Å². The van der Waals surface area contributed by atoms with Crippen molar-refractivity contribution in [3.05, 3.63) is 22.7 Å². The van der Waals surface area contributed by atoms with E-state index in [1.807, 2.05) is 6.20 Å². The van der Waals surface area contributed by atoms with Crippen LogP contribution in [0.5, 0.6) is 0 Å². The average Bonchev–Trinajstić information content (AvgIpc) is 2.78. The highest BCUT2D eigenvalue weighted by atomic mass is 35.5. The molecule has 0 bridgehead atoms. The summed E-state index contributed by atoms with van der Waals surface area (Å²) in [5, 5.41) is 6.72. The quantitative estimate of drug-likeness (QED) is 0.797. The number of nitrogens with one attached hydrogen (secondary N) is 1. The lowest BCUT2D eigenvalue weighted by Crippen LogP contribution is -2.09. The third kappa shape index (κ3) is 1.60. The van der Waals surface area contributed by atoms with E-state index in [-0.39, 0.29) is 12.4 Å². The van der Waals surface area contributed by atoms with Crippen LogP contribution < -0.4 is 5.32 Å². The van der Waals surface area contributed by atoms with Gasteiger partial charge in [0.05, 0.1) is 0 Å². The van der Waals surface area contributed by atoms with Crippen molar-refractivity contribution >= 4 is 29.3 Å². The fourth-order valence-electron chi connectivity index (χ4n) is 2.32. The van der Waals surface area contributed by atoms with E-state index in [0.717, 1.165) is 11.8 Å². The molecule has 3 rings (SSSR count). The highest BCUT2D eigenvalue weighted by molar-refractivity contribution is 7.10. The standard InChI is InChI=1S/C10H12N2S.ClH/c1-2-13-10(12-1)7-3-8-5-11-6-9(8)4-7;/h1-3,8-9,11H,4-6H2;1H/t8-,9+;/m1./s1. The van der Waals surface area contributed by atoms with Crippen molar-refractivity contribution < 1.29 is 0 Å². The van der Waals surface area contributed by atoms with E-state index >= 15 is 0 Å². The van der Waals surface area contributed by atoms with Crippen LogP contribution in [0.15, 0.2) is 17.7 Å². The molecule has 1 aliphatic carbocycles. The van der Waals surface area contributed by atoms with Gasteiger partial charge in [-0.3, -0.25) is 0 Å². The molecular formula is C10H13ClN2S. The van der Waals surface area contributed by atoms with Gasteiger partial charge in [0.25, 0.3) is 0 Å².